The number of anilines is 2. The predicted octanol–water partition coefficient (Wildman–Crippen LogP) is 3.66. The fourth-order valence-corrected chi connectivity index (χ4v) is 1.36. The number of nitrogens with zero attached hydrogens (tertiary/aromatic N) is 3. The Kier molecular flexibility index (Phi) is 3.29. The van der Waals surface area contributed by atoms with Crippen molar-refractivity contribution in [2.45, 2.75) is 0 Å². The van der Waals surface area contributed by atoms with E-state index in [1.54, 1.807) is 42.5 Å². The van der Waals surface area contributed by atoms with Crippen LogP contribution >= 0.6 is 0 Å². The Morgan fingerprint density at radius 1 is 0.833 bits per heavy atom. The van der Waals surface area contributed by atoms with Crippen molar-refractivity contribution in [2.24, 2.45) is 15.4 Å². The van der Waals surface area contributed by atoms with Gasteiger partial charge in [0.05, 0.1) is 11.4 Å². The molecule has 6 nitrogen and oxygen atoms in total. The molecule has 0 aliphatic heterocycles. The first-order valence-corrected chi connectivity index (χ1v) is 5.19. The first kappa shape index (κ1) is 11.7. The van der Waals surface area contributed by atoms with Gasteiger partial charge in [0, 0.05) is 5.69 Å². The van der Waals surface area contributed by atoms with Crippen LogP contribution < -0.4 is 11.5 Å². The summed E-state index contributed by atoms with van der Waals surface area (Å²) in [7, 11) is 0. The zero-order valence-corrected chi connectivity index (χ0v) is 9.45. The lowest BCUT2D eigenvalue weighted by Gasteiger charge is -1.99. The second kappa shape index (κ2) is 5.05. The summed E-state index contributed by atoms with van der Waals surface area (Å²) in [5.74, 6) is 0. The highest BCUT2D eigenvalue weighted by Crippen LogP contribution is 2.26. The van der Waals surface area contributed by atoms with E-state index in [4.69, 9.17) is 11.5 Å². The van der Waals surface area contributed by atoms with Crippen molar-refractivity contribution >= 4 is 28.4 Å². The van der Waals surface area contributed by atoms with E-state index in [1.807, 2.05) is 0 Å². The average Bonchev–Trinajstić information content (AvgIpc) is 2.38. The van der Waals surface area contributed by atoms with Crippen LogP contribution in [0, 0.1) is 4.91 Å². The molecule has 0 unspecified atom stereocenters. The van der Waals surface area contributed by atoms with Crippen molar-refractivity contribution < 1.29 is 0 Å². The molecule has 0 spiro atoms. The summed E-state index contributed by atoms with van der Waals surface area (Å²) < 4.78 is 0. The number of rotatable bonds is 3. The van der Waals surface area contributed by atoms with Gasteiger partial charge in [-0.05, 0) is 47.6 Å². The van der Waals surface area contributed by atoms with Crippen LogP contribution in [0.4, 0.5) is 28.4 Å². The summed E-state index contributed by atoms with van der Waals surface area (Å²) in [6.45, 7) is 0. The number of benzene rings is 2. The first-order valence-electron chi connectivity index (χ1n) is 5.19. The highest BCUT2D eigenvalue weighted by Gasteiger charge is 1.98. The topological polar surface area (TPSA) is 106 Å². The minimum absolute atomic E-state index is 0.348. The van der Waals surface area contributed by atoms with Crippen LogP contribution in [0.1, 0.15) is 0 Å². The monoisotopic (exact) mass is 241 g/mol. The summed E-state index contributed by atoms with van der Waals surface area (Å²) in [6.07, 6.45) is 0. The fourth-order valence-electron chi connectivity index (χ4n) is 1.36. The molecule has 0 radical (unpaired) electrons. The van der Waals surface area contributed by atoms with Crippen LogP contribution in [-0.2, 0) is 0 Å². The number of hydrogen-bond donors (Lipinski definition) is 2. The minimum atomic E-state index is 0.348. The van der Waals surface area contributed by atoms with Gasteiger partial charge in [0.2, 0.25) is 0 Å². The van der Waals surface area contributed by atoms with Crippen molar-refractivity contribution in [1.82, 2.24) is 0 Å². The number of azo groups is 1. The molecule has 18 heavy (non-hydrogen) atoms. The molecular formula is C12H11N5O. The van der Waals surface area contributed by atoms with Gasteiger partial charge in [0.1, 0.15) is 11.4 Å². The molecule has 90 valence electrons. The maximum absolute atomic E-state index is 10.2. The highest BCUT2D eigenvalue weighted by atomic mass is 16.3. The lowest BCUT2D eigenvalue weighted by atomic mass is 10.2. The molecule has 4 N–H and O–H groups in total. The third kappa shape index (κ3) is 2.67. The largest absolute Gasteiger partial charge is 0.399 e. The van der Waals surface area contributed by atoms with E-state index in [0.29, 0.717) is 28.4 Å². The van der Waals surface area contributed by atoms with Crippen LogP contribution in [0.2, 0.25) is 0 Å². The van der Waals surface area contributed by atoms with E-state index in [0.717, 1.165) is 0 Å². The molecule has 0 fully saturated rings. The molecule has 0 bridgehead atoms. The van der Waals surface area contributed by atoms with Crippen LogP contribution in [0.25, 0.3) is 0 Å². The van der Waals surface area contributed by atoms with E-state index < -0.39 is 0 Å². The summed E-state index contributed by atoms with van der Waals surface area (Å²) in [5, 5.41) is 10.8. The Hall–Kier alpha value is -2.76. The third-order valence-corrected chi connectivity index (χ3v) is 2.28. The van der Waals surface area contributed by atoms with Gasteiger partial charge in [0.15, 0.2) is 0 Å². The summed E-state index contributed by atoms with van der Waals surface area (Å²) in [4.78, 5) is 10.2. The molecule has 6 heteroatoms. The standard InChI is InChI=1S/C12H11N5O/c13-8-1-6-12(11(14)7-8)16-15-9-2-4-10(17-18)5-3-9/h1-7H,13-14H2. The maximum atomic E-state index is 10.2. The van der Waals surface area contributed by atoms with Crippen molar-refractivity contribution in [2.75, 3.05) is 11.5 Å². The van der Waals surface area contributed by atoms with Gasteiger partial charge in [-0.3, -0.25) is 0 Å². The van der Waals surface area contributed by atoms with Gasteiger partial charge in [-0.25, -0.2) is 0 Å². The second-order valence-corrected chi connectivity index (χ2v) is 3.63. The summed E-state index contributed by atoms with van der Waals surface area (Å²) >= 11 is 0. The number of nitrogen functional groups attached to an aromatic ring is 2. The number of nitrogens with two attached hydrogens (primary N) is 2. The Bertz CT molecular complexity index is 592. The molecule has 0 aliphatic rings. The molecule has 0 saturated heterocycles. The van der Waals surface area contributed by atoms with Crippen molar-refractivity contribution in [3.8, 4) is 0 Å². The van der Waals surface area contributed by atoms with E-state index in [-0.39, 0.29) is 0 Å². The lowest BCUT2D eigenvalue weighted by molar-refractivity contribution is 1.23. The van der Waals surface area contributed by atoms with E-state index >= 15 is 0 Å². The Labute approximate surface area is 103 Å². The van der Waals surface area contributed by atoms with E-state index in [1.165, 1.54) is 0 Å². The predicted molar refractivity (Wildman–Crippen MR) is 71.3 cm³/mol. The first-order chi connectivity index (χ1) is 8.69. The lowest BCUT2D eigenvalue weighted by Crippen LogP contribution is -1.89. The second-order valence-electron chi connectivity index (χ2n) is 3.63. The Balaban J connectivity index is 2.21. The third-order valence-electron chi connectivity index (χ3n) is 2.28. The number of nitroso groups, excluding NO2 is 1. The van der Waals surface area contributed by atoms with Gasteiger partial charge < -0.3 is 11.5 Å². The smallest absolute Gasteiger partial charge is 0.109 e. The number of hydrogen-bond acceptors (Lipinski definition) is 6. The SMILES string of the molecule is Nc1ccc(N=Nc2ccc(N=O)cc2)c(N)c1. The molecule has 0 saturated carbocycles. The van der Waals surface area contributed by atoms with Gasteiger partial charge >= 0.3 is 0 Å². The van der Waals surface area contributed by atoms with Crippen molar-refractivity contribution in [3.63, 3.8) is 0 Å². The van der Waals surface area contributed by atoms with Gasteiger partial charge in [-0.1, -0.05) is 0 Å². The summed E-state index contributed by atoms with van der Waals surface area (Å²) in [5.41, 5.74) is 13.9. The van der Waals surface area contributed by atoms with Crippen LogP contribution in [0.15, 0.2) is 57.9 Å². The zero-order chi connectivity index (χ0) is 13.0. The van der Waals surface area contributed by atoms with Gasteiger partial charge in [0.25, 0.3) is 0 Å². The van der Waals surface area contributed by atoms with E-state index in [2.05, 4.69) is 15.4 Å². The van der Waals surface area contributed by atoms with Gasteiger partial charge in [-0.15, -0.1) is 10.0 Å². The zero-order valence-electron chi connectivity index (χ0n) is 9.45. The van der Waals surface area contributed by atoms with Crippen LogP contribution in [0.3, 0.4) is 0 Å². The minimum Gasteiger partial charge on any atom is -0.399 e. The quantitative estimate of drug-likeness (QED) is 0.486. The summed E-state index contributed by atoms with van der Waals surface area (Å²) in [6, 6.07) is 11.4. The molecule has 0 atom stereocenters. The van der Waals surface area contributed by atoms with Crippen LogP contribution in [-0.4, -0.2) is 0 Å². The molecular weight excluding hydrogens is 230 g/mol. The fraction of sp³-hybridized carbons (Fsp3) is 0. The highest BCUT2D eigenvalue weighted by molar-refractivity contribution is 5.67. The Morgan fingerprint density at radius 2 is 1.50 bits per heavy atom. The van der Waals surface area contributed by atoms with Crippen molar-refractivity contribution in [3.05, 3.63) is 47.4 Å². The van der Waals surface area contributed by atoms with Crippen molar-refractivity contribution in [1.29, 1.82) is 0 Å². The average molecular weight is 241 g/mol. The molecule has 0 aromatic heterocycles. The maximum Gasteiger partial charge on any atom is 0.109 e. The molecule has 2 rings (SSSR count). The molecule has 2 aromatic carbocycles. The molecule has 0 amide bonds. The van der Waals surface area contributed by atoms with Crippen LogP contribution in [0.5, 0.6) is 0 Å². The van der Waals surface area contributed by atoms with Gasteiger partial charge in [-0.2, -0.15) is 5.11 Å². The Morgan fingerprint density at radius 3 is 2.11 bits per heavy atom. The van der Waals surface area contributed by atoms with E-state index in [9.17, 15) is 4.91 Å². The molecule has 0 aliphatic carbocycles. The molecule has 2 aromatic rings. The normalized spacial score (nSPS) is 10.7. The molecule has 0 heterocycles.